The number of phenolic OH excluding ortho intramolecular Hbond substituents is 1. The van der Waals surface area contributed by atoms with E-state index in [1.807, 2.05) is 12.1 Å². The second kappa shape index (κ2) is 5.03. The molecule has 0 aliphatic heterocycles. The maximum absolute atomic E-state index is 9.96. The summed E-state index contributed by atoms with van der Waals surface area (Å²) in [4.78, 5) is 0. The summed E-state index contributed by atoms with van der Waals surface area (Å²) < 4.78 is 5.07. The SMILES string of the molecule is COc1cccc(C(CN)C(C)C)c1O. The van der Waals surface area contributed by atoms with Gasteiger partial charge >= 0.3 is 0 Å². The molecular weight excluding hydrogens is 190 g/mol. The Kier molecular flexibility index (Phi) is 3.97. The van der Waals surface area contributed by atoms with Crippen molar-refractivity contribution in [3.05, 3.63) is 23.8 Å². The molecule has 3 nitrogen and oxygen atoms in total. The van der Waals surface area contributed by atoms with Gasteiger partial charge in [0.05, 0.1) is 7.11 Å². The first-order chi connectivity index (χ1) is 7.11. The van der Waals surface area contributed by atoms with Crippen molar-refractivity contribution in [1.82, 2.24) is 0 Å². The van der Waals surface area contributed by atoms with Gasteiger partial charge in [-0.1, -0.05) is 26.0 Å². The van der Waals surface area contributed by atoms with E-state index in [0.29, 0.717) is 18.2 Å². The summed E-state index contributed by atoms with van der Waals surface area (Å²) in [5.41, 5.74) is 6.58. The second-order valence-corrected chi connectivity index (χ2v) is 3.98. The molecule has 3 heteroatoms. The predicted molar refractivity (Wildman–Crippen MR) is 61.3 cm³/mol. The molecule has 3 N–H and O–H groups in total. The molecule has 15 heavy (non-hydrogen) atoms. The van der Waals surface area contributed by atoms with Crippen LogP contribution in [0.1, 0.15) is 25.3 Å². The molecule has 1 aromatic rings. The molecule has 0 spiro atoms. The van der Waals surface area contributed by atoms with Crippen LogP contribution < -0.4 is 10.5 Å². The van der Waals surface area contributed by atoms with Crippen molar-refractivity contribution in [3.8, 4) is 11.5 Å². The summed E-state index contributed by atoms with van der Waals surface area (Å²) in [6.45, 7) is 4.71. The summed E-state index contributed by atoms with van der Waals surface area (Å²) in [5.74, 6) is 1.28. The average Bonchev–Trinajstić information content (AvgIpc) is 2.21. The van der Waals surface area contributed by atoms with Crippen LogP contribution in [-0.2, 0) is 0 Å². The molecule has 0 aromatic heterocycles. The Labute approximate surface area is 90.9 Å². The Bertz CT molecular complexity index is 323. The number of nitrogens with two attached hydrogens (primary N) is 1. The summed E-state index contributed by atoms with van der Waals surface area (Å²) in [5, 5.41) is 9.96. The van der Waals surface area contributed by atoms with Gasteiger partial charge in [0.15, 0.2) is 11.5 Å². The van der Waals surface area contributed by atoms with E-state index in [1.54, 1.807) is 13.2 Å². The van der Waals surface area contributed by atoms with Crippen LogP contribution in [0, 0.1) is 5.92 Å². The third-order valence-electron chi connectivity index (χ3n) is 2.71. The molecule has 0 radical (unpaired) electrons. The third-order valence-corrected chi connectivity index (χ3v) is 2.71. The second-order valence-electron chi connectivity index (χ2n) is 3.98. The third kappa shape index (κ3) is 2.42. The van der Waals surface area contributed by atoms with Crippen LogP contribution in [0.25, 0.3) is 0 Å². The highest BCUT2D eigenvalue weighted by atomic mass is 16.5. The number of benzene rings is 1. The number of ether oxygens (including phenoxy) is 1. The highest BCUT2D eigenvalue weighted by Crippen LogP contribution is 2.36. The van der Waals surface area contributed by atoms with Gasteiger partial charge in [0.2, 0.25) is 0 Å². The minimum atomic E-state index is 0.167. The van der Waals surface area contributed by atoms with Gasteiger partial charge in [-0.3, -0.25) is 0 Å². The Morgan fingerprint density at radius 1 is 1.40 bits per heavy atom. The van der Waals surface area contributed by atoms with Gasteiger partial charge < -0.3 is 15.6 Å². The summed E-state index contributed by atoms with van der Waals surface area (Å²) in [7, 11) is 1.55. The number of aromatic hydroxyl groups is 1. The van der Waals surface area contributed by atoms with Crippen molar-refractivity contribution in [1.29, 1.82) is 0 Å². The van der Waals surface area contributed by atoms with Gasteiger partial charge in [-0.25, -0.2) is 0 Å². The fraction of sp³-hybridized carbons (Fsp3) is 0.500. The lowest BCUT2D eigenvalue weighted by Gasteiger charge is -2.21. The van der Waals surface area contributed by atoms with Crippen molar-refractivity contribution in [2.75, 3.05) is 13.7 Å². The molecule has 0 saturated carbocycles. The zero-order valence-corrected chi connectivity index (χ0v) is 9.53. The molecule has 0 saturated heterocycles. The Morgan fingerprint density at radius 2 is 2.07 bits per heavy atom. The number of rotatable bonds is 4. The number of hydrogen-bond acceptors (Lipinski definition) is 3. The Balaban J connectivity index is 3.12. The standard InChI is InChI=1S/C12H19NO2/c1-8(2)10(7-13)9-5-4-6-11(15-3)12(9)14/h4-6,8,10,14H,7,13H2,1-3H3. The van der Waals surface area contributed by atoms with Crippen molar-refractivity contribution in [2.24, 2.45) is 11.7 Å². The van der Waals surface area contributed by atoms with Crippen LogP contribution in [0.3, 0.4) is 0 Å². The number of para-hydroxylation sites is 1. The molecule has 0 bridgehead atoms. The molecule has 0 heterocycles. The van der Waals surface area contributed by atoms with E-state index in [-0.39, 0.29) is 11.7 Å². The smallest absolute Gasteiger partial charge is 0.161 e. The van der Waals surface area contributed by atoms with Crippen molar-refractivity contribution in [2.45, 2.75) is 19.8 Å². The lowest BCUT2D eigenvalue weighted by atomic mass is 9.88. The first-order valence-electron chi connectivity index (χ1n) is 5.17. The topological polar surface area (TPSA) is 55.5 Å². The average molecular weight is 209 g/mol. The van der Waals surface area contributed by atoms with E-state index in [0.717, 1.165) is 5.56 Å². The molecule has 1 aromatic carbocycles. The quantitative estimate of drug-likeness (QED) is 0.798. The minimum Gasteiger partial charge on any atom is -0.504 e. The molecule has 1 rings (SSSR count). The molecule has 0 aliphatic carbocycles. The highest BCUT2D eigenvalue weighted by Gasteiger charge is 2.19. The fourth-order valence-corrected chi connectivity index (χ4v) is 1.76. The van der Waals surface area contributed by atoms with Gasteiger partial charge in [0.1, 0.15) is 0 Å². The highest BCUT2D eigenvalue weighted by molar-refractivity contribution is 5.47. The van der Waals surface area contributed by atoms with E-state index < -0.39 is 0 Å². The number of methoxy groups -OCH3 is 1. The maximum atomic E-state index is 9.96. The van der Waals surface area contributed by atoms with Crippen LogP contribution in [0.15, 0.2) is 18.2 Å². The molecule has 1 unspecified atom stereocenters. The Morgan fingerprint density at radius 3 is 2.53 bits per heavy atom. The van der Waals surface area contributed by atoms with Crippen molar-refractivity contribution >= 4 is 0 Å². The normalized spacial score (nSPS) is 12.9. The van der Waals surface area contributed by atoms with Crippen LogP contribution in [0.2, 0.25) is 0 Å². The molecule has 1 atom stereocenters. The van der Waals surface area contributed by atoms with Gasteiger partial charge in [-0.15, -0.1) is 0 Å². The van der Waals surface area contributed by atoms with E-state index in [2.05, 4.69) is 13.8 Å². The lowest BCUT2D eigenvalue weighted by molar-refractivity contribution is 0.364. The summed E-state index contributed by atoms with van der Waals surface area (Å²) in [6.07, 6.45) is 0. The van der Waals surface area contributed by atoms with Gasteiger partial charge in [-0.2, -0.15) is 0 Å². The molecular formula is C12H19NO2. The van der Waals surface area contributed by atoms with Crippen LogP contribution >= 0.6 is 0 Å². The fourth-order valence-electron chi connectivity index (χ4n) is 1.76. The maximum Gasteiger partial charge on any atom is 0.161 e. The van der Waals surface area contributed by atoms with E-state index in [1.165, 1.54) is 0 Å². The van der Waals surface area contributed by atoms with Crippen molar-refractivity contribution in [3.63, 3.8) is 0 Å². The van der Waals surface area contributed by atoms with E-state index >= 15 is 0 Å². The molecule has 0 amide bonds. The predicted octanol–water partition coefficient (Wildman–Crippen LogP) is 2.10. The number of phenols is 1. The number of hydrogen-bond donors (Lipinski definition) is 2. The molecule has 0 fully saturated rings. The first-order valence-corrected chi connectivity index (χ1v) is 5.17. The zero-order valence-electron chi connectivity index (χ0n) is 9.53. The van der Waals surface area contributed by atoms with E-state index in [4.69, 9.17) is 10.5 Å². The largest absolute Gasteiger partial charge is 0.504 e. The van der Waals surface area contributed by atoms with Crippen molar-refractivity contribution < 1.29 is 9.84 Å². The van der Waals surface area contributed by atoms with E-state index in [9.17, 15) is 5.11 Å². The van der Waals surface area contributed by atoms with Crippen LogP contribution in [0.4, 0.5) is 0 Å². The molecule has 0 aliphatic rings. The van der Waals surface area contributed by atoms with Gasteiger partial charge in [-0.05, 0) is 18.5 Å². The summed E-state index contributed by atoms with van der Waals surface area (Å²) >= 11 is 0. The summed E-state index contributed by atoms with van der Waals surface area (Å²) in [6, 6.07) is 5.51. The van der Waals surface area contributed by atoms with Crippen LogP contribution in [-0.4, -0.2) is 18.8 Å². The zero-order chi connectivity index (χ0) is 11.4. The van der Waals surface area contributed by atoms with Gasteiger partial charge in [0, 0.05) is 11.5 Å². The molecule has 84 valence electrons. The minimum absolute atomic E-state index is 0.167. The lowest BCUT2D eigenvalue weighted by Crippen LogP contribution is -2.18. The monoisotopic (exact) mass is 209 g/mol. The van der Waals surface area contributed by atoms with Crippen LogP contribution in [0.5, 0.6) is 11.5 Å². The Hall–Kier alpha value is -1.22. The first kappa shape index (κ1) is 11.9. The van der Waals surface area contributed by atoms with Gasteiger partial charge in [0.25, 0.3) is 0 Å².